The molecule has 4 heteroatoms. The lowest BCUT2D eigenvalue weighted by Gasteiger charge is -2.15. The number of hydrogen-bond acceptors (Lipinski definition) is 3. The molecule has 0 radical (unpaired) electrons. The number of hydrogen-bond donors (Lipinski definition) is 1. The Hall–Kier alpha value is -1.45. The average Bonchev–Trinajstić information content (AvgIpc) is 2.58. The molecule has 17 heavy (non-hydrogen) atoms. The van der Waals surface area contributed by atoms with E-state index in [1.807, 2.05) is 6.92 Å². The summed E-state index contributed by atoms with van der Waals surface area (Å²) in [4.78, 5) is 20.1. The van der Waals surface area contributed by atoms with Crippen LogP contribution in [0.5, 0.6) is 0 Å². The van der Waals surface area contributed by atoms with Crippen LogP contribution < -0.4 is 5.32 Å². The van der Waals surface area contributed by atoms with E-state index in [0.717, 1.165) is 18.5 Å². The van der Waals surface area contributed by atoms with Crippen molar-refractivity contribution in [2.75, 3.05) is 0 Å². The van der Waals surface area contributed by atoms with Crippen molar-refractivity contribution in [1.82, 2.24) is 15.3 Å². The molecule has 1 saturated carbocycles. The molecular formula is C13H19N3O. The summed E-state index contributed by atoms with van der Waals surface area (Å²) < 4.78 is 0. The van der Waals surface area contributed by atoms with Gasteiger partial charge in [0.2, 0.25) is 0 Å². The van der Waals surface area contributed by atoms with Gasteiger partial charge in [-0.25, -0.2) is 4.98 Å². The largest absolute Gasteiger partial charge is 0.348 e. The van der Waals surface area contributed by atoms with Crippen LogP contribution in [0.3, 0.4) is 0 Å². The third-order valence-electron chi connectivity index (χ3n) is 3.20. The predicted molar refractivity (Wildman–Crippen MR) is 65.7 cm³/mol. The minimum atomic E-state index is -0.0931. The molecule has 1 amide bonds. The van der Waals surface area contributed by atoms with E-state index in [1.54, 1.807) is 12.4 Å². The van der Waals surface area contributed by atoms with Crippen LogP contribution in [-0.2, 0) is 0 Å². The molecule has 2 rings (SSSR count). The summed E-state index contributed by atoms with van der Waals surface area (Å²) in [5.41, 5.74) is 1.25. The van der Waals surface area contributed by atoms with Crippen molar-refractivity contribution in [2.24, 2.45) is 0 Å². The van der Waals surface area contributed by atoms with Gasteiger partial charge in [0.05, 0.1) is 11.9 Å². The number of carbonyl (C=O) groups is 1. The third kappa shape index (κ3) is 3.51. The number of rotatable bonds is 2. The molecule has 0 atom stereocenters. The van der Waals surface area contributed by atoms with Crippen molar-refractivity contribution >= 4 is 5.91 Å². The fraction of sp³-hybridized carbons (Fsp3) is 0.615. The van der Waals surface area contributed by atoms with E-state index in [-0.39, 0.29) is 5.91 Å². The maximum atomic E-state index is 11.9. The molecule has 92 valence electrons. The summed E-state index contributed by atoms with van der Waals surface area (Å²) >= 11 is 0. The Balaban J connectivity index is 1.93. The lowest BCUT2D eigenvalue weighted by Crippen LogP contribution is -2.34. The topological polar surface area (TPSA) is 54.9 Å². The number of nitrogens with one attached hydrogen (secondary N) is 1. The maximum absolute atomic E-state index is 11.9. The van der Waals surface area contributed by atoms with Crippen LogP contribution >= 0.6 is 0 Å². The second kappa shape index (κ2) is 5.75. The van der Waals surface area contributed by atoms with Crippen molar-refractivity contribution in [2.45, 2.75) is 51.5 Å². The first-order chi connectivity index (χ1) is 8.25. The number of aryl methyl sites for hydroxylation is 1. The zero-order valence-corrected chi connectivity index (χ0v) is 10.3. The molecule has 0 spiro atoms. The Morgan fingerprint density at radius 1 is 1.18 bits per heavy atom. The van der Waals surface area contributed by atoms with Gasteiger partial charge >= 0.3 is 0 Å². The lowest BCUT2D eigenvalue weighted by molar-refractivity contribution is 0.0928. The first-order valence-corrected chi connectivity index (χ1v) is 6.35. The summed E-state index contributed by atoms with van der Waals surface area (Å²) in [6.07, 6.45) is 10.3. The Morgan fingerprint density at radius 2 is 1.88 bits per heavy atom. The zero-order chi connectivity index (χ0) is 12.1. The van der Waals surface area contributed by atoms with E-state index >= 15 is 0 Å². The minimum Gasteiger partial charge on any atom is -0.348 e. The van der Waals surface area contributed by atoms with Crippen LogP contribution in [0.2, 0.25) is 0 Å². The number of amides is 1. The standard InChI is InChI=1S/C13H19N3O/c1-10-8-15-12(9-14-10)13(17)16-11-6-4-2-3-5-7-11/h8-9,11H,2-7H2,1H3,(H,16,17). The van der Waals surface area contributed by atoms with Gasteiger partial charge in [0.15, 0.2) is 0 Å². The Bertz CT molecular complexity index is 367. The third-order valence-corrected chi connectivity index (χ3v) is 3.20. The summed E-state index contributed by atoms with van der Waals surface area (Å²) in [6.45, 7) is 1.86. The van der Waals surface area contributed by atoms with Gasteiger partial charge in [-0.05, 0) is 19.8 Å². The highest BCUT2D eigenvalue weighted by molar-refractivity contribution is 5.92. The fourth-order valence-electron chi connectivity index (χ4n) is 2.19. The molecule has 0 aliphatic heterocycles. The van der Waals surface area contributed by atoms with Gasteiger partial charge in [-0.3, -0.25) is 9.78 Å². The van der Waals surface area contributed by atoms with Crippen LogP contribution in [0.15, 0.2) is 12.4 Å². The molecule has 1 N–H and O–H groups in total. The second-order valence-electron chi connectivity index (χ2n) is 4.70. The fourth-order valence-corrected chi connectivity index (χ4v) is 2.19. The van der Waals surface area contributed by atoms with Gasteiger partial charge in [-0.15, -0.1) is 0 Å². The van der Waals surface area contributed by atoms with Crippen molar-refractivity contribution in [3.8, 4) is 0 Å². The van der Waals surface area contributed by atoms with Crippen LogP contribution in [0.1, 0.15) is 54.7 Å². The first kappa shape index (κ1) is 12.0. The van der Waals surface area contributed by atoms with Gasteiger partial charge in [0, 0.05) is 12.2 Å². The van der Waals surface area contributed by atoms with Gasteiger partial charge in [-0.1, -0.05) is 25.7 Å². The minimum absolute atomic E-state index is 0.0931. The van der Waals surface area contributed by atoms with E-state index in [4.69, 9.17) is 0 Å². The van der Waals surface area contributed by atoms with Crippen LogP contribution in [0.25, 0.3) is 0 Å². The van der Waals surface area contributed by atoms with Crippen molar-refractivity contribution in [1.29, 1.82) is 0 Å². The predicted octanol–water partition coefficient (Wildman–Crippen LogP) is 2.24. The molecule has 1 aliphatic carbocycles. The van der Waals surface area contributed by atoms with Crippen LogP contribution in [0, 0.1) is 6.92 Å². The lowest BCUT2D eigenvalue weighted by atomic mass is 10.1. The van der Waals surface area contributed by atoms with Gasteiger partial charge < -0.3 is 5.32 Å². The zero-order valence-electron chi connectivity index (χ0n) is 10.3. The van der Waals surface area contributed by atoms with Gasteiger partial charge in [0.1, 0.15) is 5.69 Å². The van der Waals surface area contributed by atoms with E-state index in [1.165, 1.54) is 25.7 Å². The molecule has 0 saturated heterocycles. The summed E-state index contributed by atoms with van der Waals surface area (Å²) in [5, 5.41) is 3.05. The highest BCUT2D eigenvalue weighted by atomic mass is 16.1. The van der Waals surface area contributed by atoms with Gasteiger partial charge in [-0.2, -0.15) is 0 Å². The molecule has 0 bridgehead atoms. The normalized spacial score (nSPS) is 17.5. The average molecular weight is 233 g/mol. The van der Waals surface area contributed by atoms with Gasteiger partial charge in [0.25, 0.3) is 5.91 Å². The van der Waals surface area contributed by atoms with Crippen molar-refractivity contribution < 1.29 is 4.79 Å². The highest BCUT2D eigenvalue weighted by Crippen LogP contribution is 2.17. The smallest absolute Gasteiger partial charge is 0.271 e. The van der Waals surface area contributed by atoms with E-state index in [0.29, 0.717) is 11.7 Å². The number of nitrogens with zero attached hydrogens (tertiary/aromatic N) is 2. The molecular weight excluding hydrogens is 214 g/mol. The van der Waals surface area contributed by atoms with E-state index < -0.39 is 0 Å². The molecule has 1 aliphatic rings. The number of aromatic nitrogens is 2. The van der Waals surface area contributed by atoms with Crippen molar-refractivity contribution in [3.63, 3.8) is 0 Å². The molecule has 4 nitrogen and oxygen atoms in total. The summed E-state index contributed by atoms with van der Waals surface area (Å²) in [6, 6.07) is 0.313. The quantitative estimate of drug-likeness (QED) is 0.797. The second-order valence-corrected chi connectivity index (χ2v) is 4.70. The summed E-state index contributed by atoms with van der Waals surface area (Å²) in [5.74, 6) is -0.0931. The van der Waals surface area contributed by atoms with Crippen LogP contribution in [0.4, 0.5) is 0 Å². The molecule has 1 aromatic heterocycles. The SMILES string of the molecule is Cc1cnc(C(=O)NC2CCCCCC2)cn1. The monoisotopic (exact) mass is 233 g/mol. The molecule has 1 fully saturated rings. The molecule has 0 aromatic carbocycles. The molecule has 1 aromatic rings. The number of carbonyl (C=O) groups excluding carboxylic acids is 1. The maximum Gasteiger partial charge on any atom is 0.271 e. The molecule has 0 unspecified atom stereocenters. The summed E-state index contributed by atoms with van der Waals surface area (Å²) in [7, 11) is 0. The van der Waals surface area contributed by atoms with Crippen molar-refractivity contribution in [3.05, 3.63) is 23.8 Å². The Morgan fingerprint density at radius 3 is 2.47 bits per heavy atom. The highest BCUT2D eigenvalue weighted by Gasteiger charge is 2.16. The van der Waals surface area contributed by atoms with Crippen LogP contribution in [-0.4, -0.2) is 21.9 Å². The Kier molecular flexibility index (Phi) is 4.07. The van der Waals surface area contributed by atoms with E-state index in [9.17, 15) is 4.79 Å². The molecule has 1 heterocycles. The van der Waals surface area contributed by atoms with E-state index in [2.05, 4.69) is 15.3 Å². The Labute approximate surface area is 102 Å². The first-order valence-electron chi connectivity index (χ1n) is 6.35.